The van der Waals surface area contributed by atoms with Crippen LogP contribution in [-0.4, -0.2) is 38.9 Å². The molecule has 0 radical (unpaired) electrons. The number of hydrogen-bond acceptors (Lipinski definition) is 4. The lowest BCUT2D eigenvalue weighted by atomic mass is 9.90. The number of benzene rings is 2. The number of primary amides is 1. The number of imidazole rings is 1. The van der Waals surface area contributed by atoms with Crippen LogP contribution in [0, 0.1) is 13.8 Å². The molecule has 5 rings (SSSR count). The minimum atomic E-state index is -0.531. The average molecular weight is 418 g/mol. The van der Waals surface area contributed by atoms with Crippen LogP contribution in [0.4, 0.5) is 0 Å². The van der Waals surface area contributed by atoms with E-state index in [1.165, 1.54) is 5.56 Å². The third-order valence-corrected chi connectivity index (χ3v) is 6.75. The van der Waals surface area contributed by atoms with Gasteiger partial charge in [-0.2, -0.15) is 0 Å². The molecule has 1 aromatic heterocycles. The van der Waals surface area contributed by atoms with Gasteiger partial charge in [0.05, 0.1) is 5.52 Å². The first-order valence-corrected chi connectivity index (χ1v) is 10.7. The van der Waals surface area contributed by atoms with Crippen molar-refractivity contribution >= 4 is 22.8 Å². The number of hydrogen-bond donors (Lipinski definition) is 1. The van der Waals surface area contributed by atoms with Gasteiger partial charge in [-0.1, -0.05) is 24.3 Å². The van der Waals surface area contributed by atoms with E-state index in [9.17, 15) is 9.59 Å². The van der Waals surface area contributed by atoms with Gasteiger partial charge >= 0.3 is 0 Å². The second kappa shape index (κ2) is 7.11. The van der Waals surface area contributed by atoms with E-state index in [0.717, 1.165) is 34.4 Å². The third-order valence-electron chi connectivity index (χ3n) is 6.75. The lowest BCUT2D eigenvalue weighted by molar-refractivity contribution is -0.125. The number of likely N-dealkylation sites (tertiary alicyclic amines) is 1. The van der Waals surface area contributed by atoms with Crippen LogP contribution in [0.5, 0.6) is 5.75 Å². The zero-order valence-corrected chi connectivity index (χ0v) is 18.0. The van der Waals surface area contributed by atoms with Gasteiger partial charge in [0.15, 0.2) is 5.75 Å². The molecule has 160 valence electrons. The number of aryl methyl sites for hydroxylation is 3. The molecule has 1 saturated heterocycles. The van der Waals surface area contributed by atoms with Crippen LogP contribution < -0.4 is 10.5 Å². The van der Waals surface area contributed by atoms with E-state index in [-0.39, 0.29) is 12.0 Å². The van der Waals surface area contributed by atoms with E-state index in [1.807, 2.05) is 36.7 Å². The number of aromatic nitrogens is 2. The fourth-order valence-electron chi connectivity index (χ4n) is 4.74. The minimum absolute atomic E-state index is 0.0908. The zero-order chi connectivity index (χ0) is 21.9. The van der Waals surface area contributed by atoms with Crippen LogP contribution >= 0.6 is 0 Å². The highest BCUT2D eigenvalue weighted by atomic mass is 16.5. The summed E-state index contributed by atoms with van der Waals surface area (Å²) in [7, 11) is 1.93. The number of ether oxygens (including phenoxy) is 1. The summed E-state index contributed by atoms with van der Waals surface area (Å²) in [6.07, 6.45) is 2.00. The normalized spacial score (nSPS) is 20.2. The predicted octanol–water partition coefficient (Wildman–Crippen LogP) is 2.96. The van der Waals surface area contributed by atoms with Crippen molar-refractivity contribution in [3.05, 3.63) is 58.4 Å². The smallest absolute Gasteiger partial charge is 0.255 e. The lowest BCUT2D eigenvalue weighted by Gasteiger charge is -2.39. The Balaban J connectivity index is 1.63. The van der Waals surface area contributed by atoms with E-state index in [1.54, 1.807) is 4.90 Å². The Morgan fingerprint density at radius 2 is 1.97 bits per heavy atom. The lowest BCUT2D eigenvalue weighted by Crippen LogP contribution is -2.57. The Kier molecular flexibility index (Phi) is 4.50. The zero-order valence-electron chi connectivity index (χ0n) is 18.0. The molecule has 1 fully saturated rings. The maximum absolute atomic E-state index is 13.4. The summed E-state index contributed by atoms with van der Waals surface area (Å²) in [6, 6.07) is 9.59. The molecule has 3 aromatic rings. The molecule has 2 atom stereocenters. The van der Waals surface area contributed by atoms with Crippen molar-refractivity contribution in [3.63, 3.8) is 0 Å². The first-order chi connectivity index (χ1) is 14.9. The highest BCUT2D eigenvalue weighted by Crippen LogP contribution is 2.43. The summed E-state index contributed by atoms with van der Waals surface area (Å²) in [4.78, 5) is 31.4. The number of nitrogens with two attached hydrogens (primary N) is 1. The predicted molar refractivity (Wildman–Crippen MR) is 117 cm³/mol. The Bertz CT molecular complexity index is 1230. The maximum atomic E-state index is 13.4. The largest absolute Gasteiger partial charge is 0.483 e. The second-order valence-electron chi connectivity index (χ2n) is 8.52. The monoisotopic (exact) mass is 418 g/mol. The molecule has 7 nitrogen and oxygen atoms in total. The molecule has 2 aromatic carbocycles. The van der Waals surface area contributed by atoms with Gasteiger partial charge in [0.25, 0.3) is 5.91 Å². The van der Waals surface area contributed by atoms with Crippen molar-refractivity contribution in [1.82, 2.24) is 14.5 Å². The van der Waals surface area contributed by atoms with E-state index < -0.39 is 11.9 Å². The van der Waals surface area contributed by atoms with Crippen molar-refractivity contribution in [3.8, 4) is 5.75 Å². The summed E-state index contributed by atoms with van der Waals surface area (Å²) in [5.74, 6) is 0.911. The number of nitrogens with zero attached hydrogens (tertiary/aromatic N) is 3. The minimum Gasteiger partial charge on any atom is -0.483 e. The molecule has 1 unspecified atom stereocenters. The standard InChI is InChI=1S/C24H26N4O3/c1-13-6-4-5-7-15(13)20-9-8-16-17(24(30)28-11-10-18(28)23(25)29)12-19-21(22(16)31-20)26-14(2)27(19)3/h4-7,12,18,20H,8-11H2,1-3H3,(H2,25,29)/t18-,20?/m0/s1. The Morgan fingerprint density at radius 1 is 1.19 bits per heavy atom. The number of amides is 2. The Labute approximate surface area is 180 Å². The highest BCUT2D eigenvalue weighted by Gasteiger charge is 2.39. The van der Waals surface area contributed by atoms with Gasteiger partial charge in [0.1, 0.15) is 23.5 Å². The molecule has 2 amide bonds. The van der Waals surface area contributed by atoms with Crippen LogP contribution in [-0.2, 0) is 18.3 Å². The molecule has 3 heterocycles. The fraction of sp³-hybridized carbons (Fsp3) is 0.375. The van der Waals surface area contributed by atoms with Crippen LogP contribution in [0.2, 0.25) is 0 Å². The van der Waals surface area contributed by atoms with Crippen LogP contribution in [0.3, 0.4) is 0 Å². The van der Waals surface area contributed by atoms with Crippen molar-refractivity contribution in [2.45, 2.75) is 45.3 Å². The Morgan fingerprint density at radius 3 is 2.65 bits per heavy atom. The molecule has 2 aliphatic rings. The number of fused-ring (bicyclic) bond motifs is 3. The van der Waals surface area contributed by atoms with Crippen molar-refractivity contribution < 1.29 is 14.3 Å². The summed E-state index contributed by atoms with van der Waals surface area (Å²) in [6.45, 7) is 4.56. The molecule has 31 heavy (non-hydrogen) atoms. The van der Waals surface area contributed by atoms with Crippen LogP contribution in [0.15, 0.2) is 30.3 Å². The average Bonchev–Trinajstić information content (AvgIpc) is 3.00. The highest BCUT2D eigenvalue weighted by molar-refractivity contribution is 6.03. The number of carbonyl (C=O) groups excluding carboxylic acids is 2. The summed E-state index contributed by atoms with van der Waals surface area (Å²) in [5, 5.41) is 0. The fourth-order valence-corrected chi connectivity index (χ4v) is 4.74. The van der Waals surface area contributed by atoms with Gasteiger partial charge < -0.3 is 19.9 Å². The summed E-state index contributed by atoms with van der Waals surface area (Å²) >= 11 is 0. The molecule has 2 N–H and O–H groups in total. The van der Waals surface area contributed by atoms with Crippen LogP contribution in [0.25, 0.3) is 11.0 Å². The van der Waals surface area contributed by atoms with E-state index in [0.29, 0.717) is 30.7 Å². The van der Waals surface area contributed by atoms with E-state index in [2.05, 4.69) is 19.1 Å². The van der Waals surface area contributed by atoms with Gasteiger partial charge in [0.2, 0.25) is 5.91 Å². The maximum Gasteiger partial charge on any atom is 0.255 e. The molecule has 0 aliphatic carbocycles. The summed E-state index contributed by atoms with van der Waals surface area (Å²) in [5.41, 5.74) is 10.9. The molecular formula is C24H26N4O3. The first-order valence-electron chi connectivity index (χ1n) is 10.7. The van der Waals surface area contributed by atoms with Crippen molar-refractivity contribution in [2.75, 3.05) is 6.54 Å². The molecular weight excluding hydrogens is 392 g/mol. The number of rotatable bonds is 3. The van der Waals surface area contributed by atoms with Gasteiger partial charge in [0, 0.05) is 24.7 Å². The molecule has 0 saturated carbocycles. The SMILES string of the molecule is Cc1ccccc1C1CCc2c(C(=O)N3CC[C@H]3C(N)=O)cc3c(nc(C)n3C)c2O1. The van der Waals surface area contributed by atoms with Gasteiger partial charge in [-0.25, -0.2) is 4.98 Å². The van der Waals surface area contributed by atoms with E-state index in [4.69, 9.17) is 15.5 Å². The van der Waals surface area contributed by atoms with Gasteiger partial charge in [-0.15, -0.1) is 0 Å². The van der Waals surface area contributed by atoms with Crippen molar-refractivity contribution in [1.29, 1.82) is 0 Å². The topological polar surface area (TPSA) is 90.5 Å². The van der Waals surface area contributed by atoms with Gasteiger partial charge in [-0.3, -0.25) is 9.59 Å². The quantitative estimate of drug-likeness (QED) is 0.708. The van der Waals surface area contributed by atoms with Crippen molar-refractivity contribution in [2.24, 2.45) is 12.8 Å². The molecule has 0 bridgehead atoms. The first kappa shape index (κ1) is 19.6. The summed E-state index contributed by atoms with van der Waals surface area (Å²) < 4.78 is 8.51. The second-order valence-corrected chi connectivity index (χ2v) is 8.52. The number of carbonyl (C=O) groups is 2. The van der Waals surface area contributed by atoms with E-state index >= 15 is 0 Å². The van der Waals surface area contributed by atoms with Crippen LogP contribution in [0.1, 0.15) is 51.8 Å². The Hall–Kier alpha value is -3.35. The van der Waals surface area contributed by atoms with Gasteiger partial charge in [-0.05, 0) is 50.3 Å². The molecule has 0 spiro atoms. The molecule has 7 heteroatoms. The third kappa shape index (κ3) is 2.99. The molecule has 2 aliphatic heterocycles.